The van der Waals surface area contributed by atoms with Crippen LogP contribution in [0.1, 0.15) is 40.2 Å². The molecule has 0 aliphatic carbocycles. The SMILES string of the molecule is CCOC(=O)Cc1cc(-c2c(OC)cccc2OC(C)C)sc1-c1c(OC)cccc1OC(C)C. The first-order valence-electron chi connectivity index (χ1n) is 11.7. The summed E-state index contributed by atoms with van der Waals surface area (Å²) < 4.78 is 29.0. The highest BCUT2D eigenvalue weighted by atomic mass is 32.1. The molecule has 0 fully saturated rings. The zero-order chi connectivity index (χ0) is 25.5. The number of carbonyl (C=O) groups excluding carboxylic acids is 1. The van der Waals surface area contributed by atoms with Gasteiger partial charge in [-0.25, -0.2) is 0 Å². The smallest absolute Gasteiger partial charge is 0.310 e. The zero-order valence-corrected chi connectivity index (χ0v) is 22.3. The van der Waals surface area contributed by atoms with Crippen molar-refractivity contribution in [3.05, 3.63) is 48.0 Å². The molecule has 0 radical (unpaired) electrons. The van der Waals surface area contributed by atoms with Gasteiger partial charge in [-0.3, -0.25) is 4.79 Å². The summed E-state index contributed by atoms with van der Waals surface area (Å²) in [6.07, 6.45) is 0.0718. The van der Waals surface area contributed by atoms with E-state index in [1.54, 1.807) is 21.1 Å². The van der Waals surface area contributed by atoms with Crippen molar-refractivity contribution < 1.29 is 28.5 Å². The second-order valence-corrected chi connectivity index (χ2v) is 9.50. The number of methoxy groups -OCH3 is 2. The quantitative estimate of drug-likeness (QED) is 0.272. The number of hydrogen-bond acceptors (Lipinski definition) is 7. The number of hydrogen-bond donors (Lipinski definition) is 0. The highest BCUT2D eigenvalue weighted by Gasteiger charge is 2.25. The molecule has 188 valence electrons. The lowest BCUT2D eigenvalue weighted by Gasteiger charge is -2.17. The van der Waals surface area contributed by atoms with Crippen molar-refractivity contribution in [2.45, 2.75) is 53.2 Å². The largest absolute Gasteiger partial charge is 0.496 e. The predicted molar refractivity (Wildman–Crippen MR) is 140 cm³/mol. The standard InChI is InChI=1S/C28H34O6S/c1-8-32-25(29)16-19-15-24(26-20(30-6)11-9-13-22(26)33-17(2)3)35-28(19)27-21(31-7)12-10-14-23(27)34-18(4)5/h9-15,17-18H,8,16H2,1-7H3. The lowest BCUT2D eigenvalue weighted by Crippen LogP contribution is -2.09. The summed E-state index contributed by atoms with van der Waals surface area (Å²) in [4.78, 5) is 14.4. The molecule has 0 N–H and O–H groups in total. The van der Waals surface area contributed by atoms with Crippen molar-refractivity contribution in [1.29, 1.82) is 0 Å². The summed E-state index contributed by atoms with van der Waals surface area (Å²) in [5.74, 6) is 2.47. The number of esters is 1. The van der Waals surface area contributed by atoms with E-state index in [1.165, 1.54) is 11.3 Å². The number of benzene rings is 2. The van der Waals surface area contributed by atoms with Crippen LogP contribution in [-0.2, 0) is 16.0 Å². The normalized spacial score (nSPS) is 11.0. The van der Waals surface area contributed by atoms with Crippen molar-refractivity contribution in [3.63, 3.8) is 0 Å². The fraction of sp³-hybridized carbons (Fsp3) is 0.393. The molecular weight excluding hydrogens is 464 g/mol. The van der Waals surface area contributed by atoms with E-state index in [1.807, 2.05) is 70.2 Å². The Morgan fingerprint density at radius 1 is 0.829 bits per heavy atom. The average Bonchev–Trinajstić information content (AvgIpc) is 3.20. The summed E-state index contributed by atoms with van der Waals surface area (Å²) >= 11 is 1.54. The molecule has 6 nitrogen and oxygen atoms in total. The number of ether oxygens (including phenoxy) is 5. The maximum atomic E-state index is 12.6. The van der Waals surface area contributed by atoms with Gasteiger partial charge >= 0.3 is 5.97 Å². The van der Waals surface area contributed by atoms with Crippen LogP contribution in [0.2, 0.25) is 0 Å². The number of rotatable bonds is 11. The highest BCUT2D eigenvalue weighted by Crippen LogP contribution is 2.50. The van der Waals surface area contributed by atoms with Gasteiger partial charge in [0.25, 0.3) is 0 Å². The van der Waals surface area contributed by atoms with Crippen molar-refractivity contribution in [2.24, 2.45) is 0 Å². The average molecular weight is 499 g/mol. The molecule has 35 heavy (non-hydrogen) atoms. The highest BCUT2D eigenvalue weighted by molar-refractivity contribution is 7.19. The van der Waals surface area contributed by atoms with Crippen molar-refractivity contribution >= 4 is 17.3 Å². The maximum absolute atomic E-state index is 12.6. The lowest BCUT2D eigenvalue weighted by molar-refractivity contribution is -0.142. The molecule has 0 aliphatic rings. The van der Waals surface area contributed by atoms with Crippen LogP contribution in [0.4, 0.5) is 0 Å². The van der Waals surface area contributed by atoms with E-state index in [-0.39, 0.29) is 24.6 Å². The van der Waals surface area contributed by atoms with Gasteiger partial charge in [-0.1, -0.05) is 12.1 Å². The minimum atomic E-state index is -0.294. The maximum Gasteiger partial charge on any atom is 0.310 e. The Bertz CT molecular complexity index is 1150. The lowest BCUT2D eigenvalue weighted by atomic mass is 10.0. The first-order chi connectivity index (χ1) is 16.8. The van der Waals surface area contributed by atoms with E-state index in [0.29, 0.717) is 29.6 Å². The van der Waals surface area contributed by atoms with E-state index in [4.69, 9.17) is 23.7 Å². The van der Waals surface area contributed by atoms with E-state index in [9.17, 15) is 4.79 Å². The fourth-order valence-electron chi connectivity index (χ4n) is 3.80. The van der Waals surface area contributed by atoms with Gasteiger partial charge in [0.2, 0.25) is 0 Å². The first-order valence-corrected chi connectivity index (χ1v) is 12.6. The Morgan fingerprint density at radius 3 is 1.86 bits per heavy atom. The molecule has 0 spiro atoms. The molecule has 0 saturated heterocycles. The Hall–Kier alpha value is -3.19. The number of carbonyl (C=O) groups is 1. The van der Waals surface area contributed by atoms with Gasteiger partial charge in [0.15, 0.2) is 0 Å². The summed E-state index contributed by atoms with van der Waals surface area (Å²) in [7, 11) is 3.27. The Morgan fingerprint density at radius 2 is 1.34 bits per heavy atom. The van der Waals surface area contributed by atoms with Crippen molar-refractivity contribution in [2.75, 3.05) is 20.8 Å². The van der Waals surface area contributed by atoms with Gasteiger partial charge < -0.3 is 23.7 Å². The predicted octanol–water partition coefficient (Wildman–Crippen LogP) is 6.78. The Balaban J connectivity index is 2.28. The van der Waals surface area contributed by atoms with Gasteiger partial charge in [-0.05, 0) is 70.5 Å². The molecule has 1 aromatic heterocycles. The van der Waals surface area contributed by atoms with Gasteiger partial charge in [-0.2, -0.15) is 0 Å². The minimum Gasteiger partial charge on any atom is -0.496 e. The van der Waals surface area contributed by atoms with Crippen LogP contribution in [0.25, 0.3) is 20.9 Å². The molecule has 7 heteroatoms. The molecule has 0 aliphatic heterocycles. The summed E-state index contributed by atoms with van der Waals surface area (Å²) in [6, 6.07) is 13.5. The van der Waals surface area contributed by atoms with Crippen molar-refractivity contribution in [1.82, 2.24) is 0 Å². The molecule has 0 amide bonds. The summed E-state index contributed by atoms with van der Waals surface area (Å²) in [6.45, 7) is 10.1. The van der Waals surface area contributed by atoms with Crippen LogP contribution >= 0.6 is 11.3 Å². The van der Waals surface area contributed by atoms with Crippen LogP contribution in [0.3, 0.4) is 0 Å². The zero-order valence-electron chi connectivity index (χ0n) is 21.5. The van der Waals surface area contributed by atoms with E-state index >= 15 is 0 Å². The monoisotopic (exact) mass is 498 g/mol. The molecule has 3 rings (SSSR count). The topological polar surface area (TPSA) is 63.2 Å². The van der Waals surface area contributed by atoms with Crippen LogP contribution in [0, 0.1) is 0 Å². The fourth-order valence-corrected chi connectivity index (χ4v) is 5.09. The van der Waals surface area contributed by atoms with Crippen LogP contribution < -0.4 is 18.9 Å². The second kappa shape index (κ2) is 12.0. The van der Waals surface area contributed by atoms with Gasteiger partial charge in [-0.15, -0.1) is 11.3 Å². The third-order valence-corrected chi connectivity index (χ3v) is 6.28. The van der Waals surface area contributed by atoms with E-state index in [0.717, 1.165) is 26.4 Å². The third kappa shape index (κ3) is 6.28. The molecule has 0 saturated carbocycles. The van der Waals surface area contributed by atoms with Gasteiger partial charge in [0.05, 0.1) is 50.6 Å². The molecule has 3 aromatic rings. The minimum absolute atomic E-state index is 0.0143. The summed E-state index contributed by atoms with van der Waals surface area (Å²) in [5, 5.41) is 0. The van der Waals surface area contributed by atoms with Crippen LogP contribution in [0.15, 0.2) is 42.5 Å². The van der Waals surface area contributed by atoms with Crippen LogP contribution in [0.5, 0.6) is 23.0 Å². The number of thiophene rings is 1. The van der Waals surface area contributed by atoms with E-state index in [2.05, 4.69) is 0 Å². The molecule has 2 aromatic carbocycles. The Labute approximate surface area is 211 Å². The first kappa shape index (κ1) is 26.4. The molecule has 1 heterocycles. The molecule has 0 unspecified atom stereocenters. The molecular formula is C28H34O6S. The Kier molecular flexibility index (Phi) is 9.04. The third-order valence-electron chi connectivity index (χ3n) is 5.06. The second-order valence-electron chi connectivity index (χ2n) is 8.45. The molecule has 0 bridgehead atoms. The van der Waals surface area contributed by atoms with Crippen molar-refractivity contribution in [3.8, 4) is 43.9 Å². The van der Waals surface area contributed by atoms with Gasteiger partial charge in [0.1, 0.15) is 23.0 Å². The van der Waals surface area contributed by atoms with E-state index < -0.39 is 0 Å². The van der Waals surface area contributed by atoms with Gasteiger partial charge in [0, 0.05) is 9.75 Å². The summed E-state index contributed by atoms with van der Waals surface area (Å²) in [5.41, 5.74) is 2.47. The molecule has 0 atom stereocenters. The van der Waals surface area contributed by atoms with Crippen LogP contribution in [-0.4, -0.2) is 39.0 Å².